The van der Waals surface area contributed by atoms with Crippen molar-refractivity contribution in [3.05, 3.63) is 12.2 Å². The van der Waals surface area contributed by atoms with Crippen LogP contribution in [0.2, 0.25) is 0 Å². The Hall–Kier alpha value is -1.12. The van der Waals surface area contributed by atoms with Crippen LogP contribution in [0.5, 0.6) is 0 Å². The predicted molar refractivity (Wildman–Crippen MR) is 205 cm³/mol. The van der Waals surface area contributed by atoms with Gasteiger partial charge in [-0.3, -0.25) is 9.59 Å². The Morgan fingerprint density at radius 3 is 1.94 bits per heavy atom. The number of unbranched alkanes of at least 4 members (excludes halogenated alkanes) is 10. The van der Waals surface area contributed by atoms with Gasteiger partial charge in [-0.15, -0.1) is 0 Å². The lowest BCUT2D eigenvalue weighted by molar-refractivity contribution is -0.249. The summed E-state index contributed by atoms with van der Waals surface area (Å²) in [7, 11) is 0. The SMILES string of the molecule is C=C(C)C1CCC2(C)CCC3(C)C(CCC4C5(C)CCC(OC(=O)CC(=O)CCCCCCCCCCCCC)C(C)(C)C5CCC43C)C12. The van der Waals surface area contributed by atoms with E-state index in [1.807, 2.05) is 0 Å². The largest absolute Gasteiger partial charge is 0.461 e. The molecule has 0 spiro atoms. The third-order valence-corrected chi connectivity index (χ3v) is 17.1. The molecule has 49 heavy (non-hydrogen) atoms. The summed E-state index contributed by atoms with van der Waals surface area (Å²) in [5.41, 5.74) is 2.85. The van der Waals surface area contributed by atoms with E-state index in [0.717, 1.165) is 43.4 Å². The first kappa shape index (κ1) is 39.1. The highest BCUT2D eigenvalue weighted by Crippen LogP contribution is 2.77. The fraction of sp³-hybridized carbons (Fsp3) is 0.913. The van der Waals surface area contributed by atoms with E-state index in [4.69, 9.17) is 4.74 Å². The maximum absolute atomic E-state index is 13.2. The lowest BCUT2D eigenvalue weighted by Gasteiger charge is -2.73. The lowest BCUT2D eigenvalue weighted by atomic mass is 9.32. The molecule has 0 aromatic rings. The van der Waals surface area contributed by atoms with Crippen molar-refractivity contribution in [2.24, 2.45) is 56.7 Å². The zero-order valence-corrected chi connectivity index (χ0v) is 33.7. The first-order valence-corrected chi connectivity index (χ1v) is 21.5. The van der Waals surface area contributed by atoms with Crippen molar-refractivity contribution in [1.29, 1.82) is 0 Å². The molecule has 0 amide bonds. The summed E-state index contributed by atoms with van der Waals surface area (Å²) in [6.07, 6.45) is 27.2. The molecule has 0 aliphatic heterocycles. The molecule has 0 aromatic heterocycles. The van der Waals surface area contributed by atoms with Crippen molar-refractivity contribution in [3.8, 4) is 0 Å². The summed E-state index contributed by atoms with van der Waals surface area (Å²) in [6.45, 7) is 24.6. The van der Waals surface area contributed by atoms with Gasteiger partial charge in [0.15, 0.2) is 0 Å². The van der Waals surface area contributed by atoms with Gasteiger partial charge in [-0.2, -0.15) is 0 Å². The van der Waals surface area contributed by atoms with Crippen LogP contribution in [0.3, 0.4) is 0 Å². The van der Waals surface area contributed by atoms with Crippen molar-refractivity contribution in [3.63, 3.8) is 0 Å². The minimum atomic E-state index is -0.280. The molecule has 5 aliphatic rings. The highest BCUT2D eigenvalue weighted by atomic mass is 16.5. The minimum Gasteiger partial charge on any atom is -0.461 e. The summed E-state index contributed by atoms with van der Waals surface area (Å²) < 4.78 is 6.27. The molecule has 0 radical (unpaired) electrons. The second-order valence-corrected chi connectivity index (χ2v) is 20.2. The van der Waals surface area contributed by atoms with Crippen LogP contribution in [0.1, 0.15) is 203 Å². The average molecular weight is 679 g/mol. The normalized spacial score (nSPS) is 40.8. The molecular formula is C46H78O3. The highest BCUT2D eigenvalue weighted by molar-refractivity contribution is 5.95. The number of carbonyl (C=O) groups is 2. The van der Waals surface area contributed by atoms with E-state index in [0.29, 0.717) is 34.5 Å². The Morgan fingerprint density at radius 1 is 0.673 bits per heavy atom. The van der Waals surface area contributed by atoms with Crippen LogP contribution < -0.4 is 0 Å². The molecule has 5 aliphatic carbocycles. The molecule has 0 heterocycles. The maximum Gasteiger partial charge on any atom is 0.313 e. The van der Waals surface area contributed by atoms with Crippen LogP contribution in [-0.2, 0) is 14.3 Å². The van der Waals surface area contributed by atoms with Crippen molar-refractivity contribution in [2.75, 3.05) is 0 Å². The fourth-order valence-corrected chi connectivity index (χ4v) is 14.1. The van der Waals surface area contributed by atoms with Crippen LogP contribution in [0.4, 0.5) is 0 Å². The number of allylic oxidation sites excluding steroid dienone is 1. The van der Waals surface area contributed by atoms with Gasteiger partial charge in [-0.25, -0.2) is 0 Å². The zero-order valence-electron chi connectivity index (χ0n) is 33.7. The van der Waals surface area contributed by atoms with Gasteiger partial charge in [-0.05, 0) is 129 Å². The molecule has 3 heteroatoms. The predicted octanol–water partition coefficient (Wildman–Crippen LogP) is 13.2. The number of esters is 1. The van der Waals surface area contributed by atoms with Gasteiger partial charge < -0.3 is 4.74 Å². The van der Waals surface area contributed by atoms with Gasteiger partial charge in [0.05, 0.1) is 0 Å². The Balaban J connectivity index is 1.13. The molecule has 0 aromatic carbocycles. The number of fused-ring (bicyclic) bond motifs is 7. The molecular weight excluding hydrogens is 601 g/mol. The molecule has 10 unspecified atom stereocenters. The van der Waals surface area contributed by atoms with Gasteiger partial charge >= 0.3 is 5.97 Å². The van der Waals surface area contributed by atoms with E-state index in [9.17, 15) is 9.59 Å². The smallest absolute Gasteiger partial charge is 0.313 e. The standard InChI is InChI=1S/C46H78O3/c1-10-11-12-13-14-15-16-17-18-19-20-21-34(47)32-40(48)49-39-26-28-44(7)37(42(39,4)5)25-29-46(9)38(44)23-22-36-41-35(33(2)3)24-27-43(41,6)30-31-45(36,46)8/h35-39,41H,2,10-32H2,1,3-9H3. The van der Waals surface area contributed by atoms with Crippen LogP contribution in [0.25, 0.3) is 0 Å². The van der Waals surface area contributed by atoms with Gasteiger partial charge in [0.1, 0.15) is 18.3 Å². The molecule has 10 atom stereocenters. The summed E-state index contributed by atoms with van der Waals surface area (Å²) in [4.78, 5) is 25.9. The number of Topliss-reactive ketones (excluding diaryl/α,β-unsaturated/α-hetero) is 1. The van der Waals surface area contributed by atoms with Crippen molar-refractivity contribution in [1.82, 2.24) is 0 Å². The Bertz CT molecular complexity index is 1170. The van der Waals surface area contributed by atoms with Crippen molar-refractivity contribution in [2.45, 2.75) is 209 Å². The molecule has 3 nitrogen and oxygen atoms in total. The molecule has 5 saturated carbocycles. The Kier molecular flexibility index (Phi) is 12.3. The summed E-state index contributed by atoms with van der Waals surface area (Å²) >= 11 is 0. The highest BCUT2D eigenvalue weighted by Gasteiger charge is 2.70. The fourth-order valence-electron chi connectivity index (χ4n) is 14.1. The molecule has 0 saturated heterocycles. The topological polar surface area (TPSA) is 43.4 Å². The number of ketones is 1. The van der Waals surface area contributed by atoms with Gasteiger partial charge in [0.2, 0.25) is 0 Å². The first-order valence-electron chi connectivity index (χ1n) is 21.5. The average Bonchev–Trinajstić information content (AvgIpc) is 3.39. The molecule has 5 rings (SSSR count). The van der Waals surface area contributed by atoms with E-state index in [-0.39, 0.29) is 35.1 Å². The monoisotopic (exact) mass is 679 g/mol. The number of rotatable bonds is 16. The number of ether oxygens (including phenoxy) is 1. The molecule has 5 fully saturated rings. The van der Waals surface area contributed by atoms with E-state index in [2.05, 4.69) is 62.0 Å². The van der Waals surface area contributed by atoms with Crippen LogP contribution >= 0.6 is 0 Å². The summed E-state index contributed by atoms with van der Waals surface area (Å²) in [5.74, 6) is 3.37. The second-order valence-electron chi connectivity index (χ2n) is 20.2. The zero-order chi connectivity index (χ0) is 35.7. The van der Waals surface area contributed by atoms with Crippen molar-refractivity contribution >= 4 is 11.8 Å². The molecule has 0 N–H and O–H groups in total. The van der Waals surface area contributed by atoms with Crippen LogP contribution in [-0.4, -0.2) is 17.9 Å². The van der Waals surface area contributed by atoms with E-state index in [1.165, 1.54) is 115 Å². The van der Waals surface area contributed by atoms with E-state index < -0.39 is 0 Å². The first-order chi connectivity index (χ1) is 23.1. The van der Waals surface area contributed by atoms with Gasteiger partial charge in [0, 0.05) is 11.8 Å². The van der Waals surface area contributed by atoms with Crippen LogP contribution in [0, 0.1) is 56.7 Å². The lowest BCUT2D eigenvalue weighted by Crippen LogP contribution is -2.66. The summed E-state index contributed by atoms with van der Waals surface area (Å²) in [6, 6.07) is 0. The van der Waals surface area contributed by atoms with E-state index in [1.54, 1.807) is 0 Å². The number of hydrogen-bond donors (Lipinski definition) is 0. The van der Waals surface area contributed by atoms with Gasteiger partial charge in [0.25, 0.3) is 0 Å². The number of carbonyl (C=O) groups excluding carboxylic acids is 2. The van der Waals surface area contributed by atoms with Crippen molar-refractivity contribution < 1.29 is 14.3 Å². The van der Waals surface area contributed by atoms with Gasteiger partial charge in [-0.1, -0.05) is 125 Å². The van der Waals surface area contributed by atoms with E-state index >= 15 is 0 Å². The van der Waals surface area contributed by atoms with Crippen LogP contribution in [0.15, 0.2) is 12.2 Å². The Labute approximate surface area is 303 Å². The number of hydrogen-bond acceptors (Lipinski definition) is 3. The molecule has 0 bridgehead atoms. The second kappa shape index (κ2) is 15.5. The Morgan fingerprint density at radius 2 is 1.31 bits per heavy atom. The molecule has 280 valence electrons. The third kappa shape index (κ3) is 7.41. The minimum absolute atomic E-state index is 0.0437. The third-order valence-electron chi connectivity index (χ3n) is 17.1. The quantitative estimate of drug-likeness (QED) is 0.0706. The maximum atomic E-state index is 13.2. The summed E-state index contributed by atoms with van der Waals surface area (Å²) in [5, 5.41) is 0.